The van der Waals surface area contributed by atoms with Gasteiger partial charge in [0.2, 0.25) is 5.71 Å². The van der Waals surface area contributed by atoms with E-state index >= 15 is 0 Å². The van der Waals surface area contributed by atoms with E-state index in [4.69, 9.17) is 10.2 Å². The molecule has 0 radical (unpaired) electrons. The van der Waals surface area contributed by atoms with Gasteiger partial charge in [0, 0.05) is 23.2 Å². The molecule has 0 amide bonds. The molecular formula is C18H16N4OS. The van der Waals surface area contributed by atoms with E-state index in [-0.39, 0.29) is 0 Å². The predicted molar refractivity (Wildman–Crippen MR) is 99.3 cm³/mol. The average molecular weight is 336 g/mol. The Hall–Kier alpha value is -2.73. The number of rotatable bonds is 4. The summed E-state index contributed by atoms with van der Waals surface area (Å²) in [5, 5.41) is 7.24. The largest absolute Gasteiger partial charge is 0.446 e. The fraction of sp³-hybridized carbons (Fsp3) is 0.111. The van der Waals surface area contributed by atoms with E-state index in [0.717, 1.165) is 16.6 Å². The summed E-state index contributed by atoms with van der Waals surface area (Å²) in [5.41, 5.74) is 8.63. The number of furan rings is 1. The first-order chi connectivity index (χ1) is 11.8. The number of nitrogen functional groups attached to an aromatic ring is 1. The quantitative estimate of drug-likeness (QED) is 0.427. The SMILES string of the molecule is CSc1nc(N)c2c(CNc3cccc4ccccc34)coc2n1. The maximum atomic E-state index is 6.09. The second-order valence-corrected chi connectivity index (χ2v) is 6.19. The molecule has 0 saturated carbocycles. The lowest BCUT2D eigenvalue weighted by Gasteiger charge is -2.09. The summed E-state index contributed by atoms with van der Waals surface area (Å²) in [6.07, 6.45) is 3.60. The smallest absolute Gasteiger partial charge is 0.232 e. The molecule has 0 spiro atoms. The summed E-state index contributed by atoms with van der Waals surface area (Å²) in [6.45, 7) is 0.590. The van der Waals surface area contributed by atoms with Crippen LogP contribution in [0, 0.1) is 0 Å². The van der Waals surface area contributed by atoms with E-state index in [1.165, 1.54) is 22.5 Å². The molecule has 0 fully saturated rings. The van der Waals surface area contributed by atoms with Crippen LogP contribution in [0.5, 0.6) is 0 Å². The van der Waals surface area contributed by atoms with Gasteiger partial charge in [-0.2, -0.15) is 4.98 Å². The van der Waals surface area contributed by atoms with E-state index in [0.29, 0.717) is 23.2 Å². The van der Waals surface area contributed by atoms with Crippen LogP contribution in [0.4, 0.5) is 11.5 Å². The third kappa shape index (κ3) is 2.55. The zero-order chi connectivity index (χ0) is 16.5. The number of nitrogens with zero attached hydrogens (tertiary/aromatic N) is 2. The monoisotopic (exact) mass is 336 g/mol. The third-order valence-electron chi connectivity index (χ3n) is 3.96. The lowest BCUT2D eigenvalue weighted by molar-refractivity contribution is 0.594. The number of benzene rings is 2. The van der Waals surface area contributed by atoms with Crippen molar-refractivity contribution in [3.8, 4) is 0 Å². The number of hydrogen-bond acceptors (Lipinski definition) is 6. The van der Waals surface area contributed by atoms with E-state index < -0.39 is 0 Å². The second-order valence-electron chi connectivity index (χ2n) is 5.42. The summed E-state index contributed by atoms with van der Waals surface area (Å²) in [4.78, 5) is 8.66. The van der Waals surface area contributed by atoms with Crippen molar-refractivity contribution in [2.45, 2.75) is 11.7 Å². The zero-order valence-electron chi connectivity index (χ0n) is 13.1. The van der Waals surface area contributed by atoms with Crippen molar-refractivity contribution in [2.24, 2.45) is 0 Å². The minimum Gasteiger partial charge on any atom is -0.446 e. The molecule has 0 saturated heterocycles. The highest BCUT2D eigenvalue weighted by molar-refractivity contribution is 7.98. The van der Waals surface area contributed by atoms with Crippen LogP contribution >= 0.6 is 11.8 Å². The minimum atomic E-state index is 0.452. The van der Waals surface area contributed by atoms with E-state index in [2.05, 4.69) is 39.6 Å². The van der Waals surface area contributed by atoms with Crippen LogP contribution in [-0.4, -0.2) is 16.2 Å². The van der Waals surface area contributed by atoms with Crippen molar-refractivity contribution in [2.75, 3.05) is 17.3 Å². The first kappa shape index (κ1) is 14.8. The summed E-state index contributed by atoms with van der Waals surface area (Å²) in [6, 6.07) is 14.5. The Bertz CT molecular complexity index is 1020. The molecule has 0 unspecified atom stereocenters. The van der Waals surface area contributed by atoms with Crippen LogP contribution in [-0.2, 0) is 6.54 Å². The predicted octanol–water partition coefficient (Wildman–Crippen LogP) is 4.29. The van der Waals surface area contributed by atoms with Gasteiger partial charge in [0.05, 0.1) is 11.6 Å². The van der Waals surface area contributed by atoms with Crippen molar-refractivity contribution >= 4 is 45.1 Å². The molecule has 4 aromatic rings. The van der Waals surface area contributed by atoms with E-state index in [1.807, 2.05) is 24.5 Å². The molecule has 4 rings (SSSR count). The van der Waals surface area contributed by atoms with Crippen LogP contribution in [0.1, 0.15) is 5.56 Å². The van der Waals surface area contributed by atoms with Gasteiger partial charge < -0.3 is 15.5 Å². The number of nitrogens with two attached hydrogens (primary N) is 1. The molecule has 2 aromatic carbocycles. The molecule has 3 N–H and O–H groups in total. The molecule has 0 aliphatic rings. The van der Waals surface area contributed by atoms with Gasteiger partial charge in [0.15, 0.2) is 5.16 Å². The standard InChI is InChI=1S/C18H16N4OS/c1-24-18-21-16(19)15-12(10-23-17(15)22-18)9-20-14-8-4-6-11-5-2-3-7-13(11)14/h2-8,10,20H,9H2,1H3,(H2,19,21,22). The summed E-state index contributed by atoms with van der Waals surface area (Å²) < 4.78 is 5.56. The fourth-order valence-corrected chi connectivity index (χ4v) is 3.16. The van der Waals surface area contributed by atoms with Gasteiger partial charge in [-0.25, -0.2) is 4.98 Å². The van der Waals surface area contributed by atoms with Gasteiger partial charge in [-0.05, 0) is 17.7 Å². The highest BCUT2D eigenvalue weighted by Gasteiger charge is 2.13. The van der Waals surface area contributed by atoms with Gasteiger partial charge in [-0.3, -0.25) is 0 Å². The molecule has 0 aliphatic carbocycles. The van der Waals surface area contributed by atoms with Gasteiger partial charge in [0.25, 0.3) is 0 Å². The normalized spacial score (nSPS) is 11.2. The Labute approximate surface area is 143 Å². The van der Waals surface area contributed by atoms with Crippen LogP contribution in [0.2, 0.25) is 0 Å². The number of hydrogen-bond donors (Lipinski definition) is 2. The highest BCUT2D eigenvalue weighted by atomic mass is 32.2. The van der Waals surface area contributed by atoms with Crippen molar-refractivity contribution in [3.05, 3.63) is 54.3 Å². The van der Waals surface area contributed by atoms with Crippen LogP contribution in [0.15, 0.2) is 58.3 Å². The molecule has 0 aliphatic heterocycles. The zero-order valence-corrected chi connectivity index (χ0v) is 13.9. The Balaban J connectivity index is 1.67. The van der Waals surface area contributed by atoms with E-state index in [9.17, 15) is 0 Å². The number of anilines is 2. The topological polar surface area (TPSA) is 77.0 Å². The molecule has 6 heteroatoms. The molecule has 5 nitrogen and oxygen atoms in total. The Morgan fingerprint density at radius 1 is 1.12 bits per heavy atom. The minimum absolute atomic E-state index is 0.452. The highest BCUT2D eigenvalue weighted by Crippen LogP contribution is 2.28. The molecular weight excluding hydrogens is 320 g/mol. The number of thioether (sulfide) groups is 1. The van der Waals surface area contributed by atoms with Gasteiger partial charge >= 0.3 is 0 Å². The third-order valence-corrected chi connectivity index (χ3v) is 4.51. The maximum Gasteiger partial charge on any atom is 0.232 e. The number of nitrogens with one attached hydrogen (secondary N) is 1. The molecule has 2 heterocycles. The Morgan fingerprint density at radius 3 is 2.83 bits per heavy atom. The first-order valence-electron chi connectivity index (χ1n) is 7.55. The Kier molecular flexibility index (Phi) is 3.74. The fourth-order valence-electron chi connectivity index (χ4n) is 2.80. The molecule has 120 valence electrons. The second kappa shape index (κ2) is 6.05. The Morgan fingerprint density at radius 2 is 1.96 bits per heavy atom. The van der Waals surface area contributed by atoms with Gasteiger partial charge in [-0.15, -0.1) is 0 Å². The van der Waals surface area contributed by atoms with E-state index in [1.54, 1.807) is 6.26 Å². The van der Waals surface area contributed by atoms with Crippen LogP contribution in [0.3, 0.4) is 0 Å². The molecule has 0 bridgehead atoms. The summed E-state index contributed by atoms with van der Waals surface area (Å²) in [7, 11) is 0. The summed E-state index contributed by atoms with van der Waals surface area (Å²) >= 11 is 1.44. The lowest BCUT2D eigenvalue weighted by Crippen LogP contribution is -2.02. The average Bonchev–Trinajstić information content (AvgIpc) is 3.03. The van der Waals surface area contributed by atoms with Crippen molar-refractivity contribution < 1.29 is 4.42 Å². The van der Waals surface area contributed by atoms with Crippen LogP contribution < -0.4 is 11.1 Å². The van der Waals surface area contributed by atoms with Gasteiger partial charge in [-0.1, -0.05) is 48.2 Å². The van der Waals surface area contributed by atoms with Gasteiger partial charge in [0.1, 0.15) is 5.82 Å². The van der Waals surface area contributed by atoms with Crippen molar-refractivity contribution in [1.82, 2.24) is 9.97 Å². The maximum absolute atomic E-state index is 6.09. The molecule has 2 aromatic heterocycles. The number of fused-ring (bicyclic) bond motifs is 2. The number of aromatic nitrogens is 2. The first-order valence-corrected chi connectivity index (χ1v) is 8.78. The molecule has 0 atom stereocenters. The lowest BCUT2D eigenvalue weighted by atomic mass is 10.1. The summed E-state index contributed by atoms with van der Waals surface area (Å²) in [5.74, 6) is 0.452. The van der Waals surface area contributed by atoms with Crippen molar-refractivity contribution in [1.29, 1.82) is 0 Å². The van der Waals surface area contributed by atoms with Crippen LogP contribution in [0.25, 0.3) is 21.9 Å². The molecule has 24 heavy (non-hydrogen) atoms. The van der Waals surface area contributed by atoms with Crippen molar-refractivity contribution in [3.63, 3.8) is 0 Å².